The van der Waals surface area contributed by atoms with Crippen molar-refractivity contribution in [1.82, 2.24) is 0 Å². The van der Waals surface area contributed by atoms with Crippen LogP contribution in [0.5, 0.6) is 0 Å². The maximum absolute atomic E-state index is 7.60. The van der Waals surface area contributed by atoms with Crippen molar-refractivity contribution in [3.05, 3.63) is 29.8 Å². The lowest BCUT2D eigenvalue weighted by Crippen LogP contribution is -2.28. The van der Waals surface area contributed by atoms with Crippen LogP contribution in [0, 0.1) is 5.41 Å². The van der Waals surface area contributed by atoms with Gasteiger partial charge < -0.3 is 10.6 Å². The molecule has 0 unspecified atom stereocenters. The summed E-state index contributed by atoms with van der Waals surface area (Å²) in [6, 6.07) is 7.94. The number of benzene rings is 1. The van der Waals surface area contributed by atoms with E-state index in [4.69, 9.17) is 11.1 Å². The van der Waals surface area contributed by atoms with Crippen LogP contribution in [-0.4, -0.2) is 30.4 Å². The second-order valence-electron chi connectivity index (χ2n) is 3.88. The van der Waals surface area contributed by atoms with Crippen LogP contribution in [-0.2, 0) is 0 Å². The van der Waals surface area contributed by atoms with Crippen molar-refractivity contribution >= 4 is 23.3 Å². The van der Waals surface area contributed by atoms with E-state index >= 15 is 0 Å². The van der Waals surface area contributed by atoms with Gasteiger partial charge in [0.15, 0.2) is 0 Å². The Morgan fingerprint density at radius 3 is 2.88 bits per heavy atom. The molecule has 2 rings (SSSR count). The predicted octanol–water partition coefficient (Wildman–Crippen LogP) is 1.91. The third-order valence-corrected chi connectivity index (χ3v) is 3.81. The maximum Gasteiger partial charge on any atom is 0.124 e. The van der Waals surface area contributed by atoms with E-state index in [-0.39, 0.29) is 5.84 Å². The van der Waals surface area contributed by atoms with Gasteiger partial charge in [0.05, 0.1) is 0 Å². The van der Waals surface area contributed by atoms with Crippen LogP contribution in [0.3, 0.4) is 0 Å². The number of amidine groups is 1. The summed E-state index contributed by atoms with van der Waals surface area (Å²) in [5.74, 6) is 2.55. The Hall–Kier alpha value is -1.16. The van der Waals surface area contributed by atoms with E-state index in [1.807, 2.05) is 30.0 Å². The van der Waals surface area contributed by atoms with Gasteiger partial charge in [-0.3, -0.25) is 5.41 Å². The topological polar surface area (TPSA) is 53.1 Å². The fraction of sp³-hybridized carbons (Fsp3) is 0.417. The molecule has 0 saturated carbocycles. The summed E-state index contributed by atoms with van der Waals surface area (Å²) in [5, 5.41) is 7.60. The first-order valence-corrected chi connectivity index (χ1v) is 6.70. The summed E-state index contributed by atoms with van der Waals surface area (Å²) in [5.41, 5.74) is 7.58. The van der Waals surface area contributed by atoms with Gasteiger partial charge in [-0.1, -0.05) is 12.1 Å². The van der Waals surface area contributed by atoms with Gasteiger partial charge in [0.1, 0.15) is 5.84 Å². The number of thioether (sulfide) groups is 1. The smallest absolute Gasteiger partial charge is 0.124 e. The zero-order valence-corrected chi connectivity index (χ0v) is 10.1. The van der Waals surface area contributed by atoms with Crippen LogP contribution in [0.1, 0.15) is 12.0 Å². The second-order valence-corrected chi connectivity index (χ2v) is 5.11. The van der Waals surface area contributed by atoms with E-state index in [9.17, 15) is 0 Å². The number of nitrogens with one attached hydrogen (secondary N) is 1. The summed E-state index contributed by atoms with van der Waals surface area (Å²) in [4.78, 5) is 2.34. The minimum atomic E-state index is 0.160. The van der Waals surface area contributed by atoms with Crippen molar-refractivity contribution in [2.24, 2.45) is 5.73 Å². The van der Waals surface area contributed by atoms with Gasteiger partial charge in [0, 0.05) is 30.1 Å². The molecule has 1 fully saturated rings. The molecule has 0 aromatic heterocycles. The molecule has 0 spiro atoms. The molecule has 16 heavy (non-hydrogen) atoms. The van der Waals surface area contributed by atoms with Crippen LogP contribution in [0.15, 0.2) is 24.3 Å². The van der Waals surface area contributed by atoms with Crippen LogP contribution < -0.4 is 10.6 Å². The Kier molecular flexibility index (Phi) is 3.72. The number of anilines is 1. The van der Waals surface area contributed by atoms with Gasteiger partial charge >= 0.3 is 0 Å². The Morgan fingerprint density at radius 1 is 1.25 bits per heavy atom. The van der Waals surface area contributed by atoms with Crippen LogP contribution in [0.2, 0.25) is 0 Å². The monoisotopic (exact) mass is 235 g/mol. The average Bonchev–Trinajstić information content (AvgIpc) is 2.57. The molecule has 1 aromatic rings. The first-order chi connectivity index (χ1) is 7.79. The number of hydrogen-bond donors (Lipinski definition) is 2. The number of hydrogen-bond acceptors (Lipinski definition) is 3. The Balaban J connectivity index is 2.27. The number of nitrogens with two attached hydrogens (primary N) is 1. The molecule has 1 aliphatic rings. The summed E-state index contributed by atoms with van der Waals surface area (Å²) < 4.78 is 0. The zero-order valence-electron chi connectivity index (χ0n) is 9.28. The van der Waals surface area contributed by atoms with Gasteiger partial charge in [-0.15, -0.1) is 0 Å². The van der Waals surface area contributed by atoms with E-state index in [1.54, 1.807) is 0 Å². The van der Waals surface area contributed by atoms with Crippen molar-refractivity contribution in [3.8, 4) is 0 Å². The summed E-state index contributed by atoms with van der Waals surface area (Å²) >= 11 is 2.00. The summed E-state index contributed by atoms with van der Waals surface area (Å²) in [6.45, 7) is 2.12. The first kappa shape index (κ1) is 11.3. The zero-order chi connectivity index (χ0) is 11.4. The normalized spacial score (nSPS) is 16.9. The number of nitrogen functional groups attached to an aromatic ring is 1. The second kappa shape index (κ2) is 5.25. The molecule has 1 heterocycles. The molecule has 3 N–H and O–H groups in total. The number of para-hydroxylation sites is 1. The standard InChI is InChI=1S/C12H17N3S/c13-12(14)10-4-1-2-5-11(10)15-6-3-8-16-9-7-15/h1-2,4-5H,3,6-9H2,(H3,13,14). The van der Waals surface area contributed by atoms with Gasteiger partial charge in [0.2, 0.25) is 0 Å². The Morgan fingerprint density at radius 2 is 2.06 bits per heavy atom. The highest BCUT2D eigenvalue weighted by Gasteiger charge is 2.14. The van der Waals surface area contributed by atoms with E-state index in [0.29, 0.717) is 0 Å². The lowest BCUT2D eigenvalue weighted by molar-refractivity contribution is 0.815. The molecule has 0 radical (unpaired) electrons. The van der Waals surface area contributed by atoms with Crippen LogP contribution >= 0.6 is 11.8 Å². The number of rotatable bonds is 2. The molecule has 3 nitrogen and oxygen atoms in total. The highest BCUT2D eigenvalue weighted by molar-refractivity contribution is 7.99. The van der Waals surface area contributed by atoms with Crippen LogP contribution in [0.4, 0.5) is 5.69 Å². The van der Waals surface area contributed by atoms with Crippen molar-refractivity contribution in [2.45, 2.75) is 6.42 Å². The molecule has 0 bridgehead atoms. The molecule has 0 aliphatic carbocycles. The molecular weight excluding hydrogens is 218 g/mol. The van der Waals surface area contributed by atoms with E-state index in [1.165, 1.54) is 12.2 Å². The van der Waals surface area contributed by atoms with Crippen molar-refractivity contribution in [2.75, 3.05) is 29.5 Å². The van der Waals surface area contributed by atoms with Gasteiger partial charge in [0.25, 0.3) is 0 Å². The summed E-state index contributed by atoms with van der Waals surface area (Å²) in [6.07, 6.45) is 1.21. The SMILES string of the molecule is N=C(N)c1ccccc1N1CCCSCC1. The lowest BCUT2D eigenvalue weighted by Gasteiger charge is -2.24. The molecule has 1 saturated heterocycles. The van der Waals surface area contributed by atoms with E-state index < -0.39 is 0 Å². The fourth-order valence-corrected chi connectivity index (χ4v) is 2.85. The summed E-state index contributed by atoms with van der Waals surface area (Å²) in [7, 11) is 0. The first-order valence-electron chi connectivity index (χ1n) is 5.55. The Bertz CT molecular complexity index is 370. The molecule has 0 atom stereocenters. The molecule has 86 valence electrons. The minimum absolute atomic E-state index is 0.160. The third kappa shape index (κ3) is 2.50. The Labute approximate surface area is 101 Å². The van der Waals surface area contributed by atoms with Crippen LogP contribution in [0.25, 0.3) is 0 Å². The van der Waals surface area contributed by atoms with Crippen molar-refractivity contribution in [3.63, 3.8) is 0 Å². The molecular formula is C12H17N3S. The highest BCUT2D eigenvalue weighted by atomic mass is 32.2. The molecule has 1 aliphatic heterocycles. The predicted molar refractivity (Wildman–Crippen MR) is 71.6 cm³/mol. The number of nitrogens with zero attached hydrogens (tertiary/aromatic N) is 1. The maximum atomic E-state index is 7.60. The van der Waals surface area contributed by atoms with E-state index in [2.05, 4.69) is 11.0 Å². The molecule has 1 aromatic carbocycles. The lowest BCUT2D eigenvalue weighted by atomic mass is 10.1. The molecule has 4 heteroatoms. The fourth-order valence-electron chi connectivity index (χ4n) is 1.96. The quantitative estimate of drug-likeness (QED) is 0.608. The molecule has 0 amide bonds. The van der Waals surface area contributed by atoms with Crippen molar-refractivity contribution in [1.29, 1.82) is 5.41 Å². The third-order valence-electron chi connectivity index (χ3n) is 2.76. The average molecular weight is 235 g/mol. The minimum Gasteiger partial charge on any atom is -0.384 e. The van der Waals surface area contributed by atoms with Crippen molar-refractivity contribution < 1.29 is 0 Å². The van der Waals surface area contributed by atoms with Gasteiger partial charge in [-0.05, 0) is 24.3 Å². The largest absolute Gasteiger partial charge is 0.384 e. The highest BCUT2D eigenvalue weighted by Crippen LogP contribution is 2.22. The van der Waals surface area contributed by atoms with Gasteiger partial charge in [-0.25, -0.2) is 0 Å². The van der Waals surface area contributed by atoms with E-state index in [0.717, 1.165) is 30.1 Å². The van der Waals surface area contributed by atoms with Gasteiger partial charge in [-0.2, -0.15) is 11.8 Å².